The lowest BCUT2D eigenvalue weighted by molar-refractivity contribution is 0.0928. The number of hydrogen-bond donors (Lipinski definition) is 1. The third-order valence-electron chi connectivity index (χ3n) is 6.20. The number of nitriles is 2. The van der Waals surface area contributed by atoms with Gasteiger partial charge in [-0.05, 0) is 49.8 Å². The molecule has 27 heavy (non-hydrogen) atoms. The van der Waals surface area contributed by atoms with E-state index < -0.39 is 0 Å². The first-order chi connectivity index (χ1) is 13.1. The van der Waals surface area contributed by atoms with Crippen LogP contribution in [0.2, 0.25) is 5.02 Å². The smallest absolute Gasteiger partial charge is 0.253 e. The lowest BCUT2D eigenvalue weighted by atomic mass is 9.95. The summed E-state index contributed by atoms with van der Waals surface area (Å²) in [6, 6.07) is 8.18. The van der Waals surface area contributed by atoms with Crippen molar-refractivity contribution in [2.75, 3.05) is 18.0 Å². The Hall–Kier alpha value is -2.44. The van der Waals surface area contributed by atoms with E-state index in [1.807, 2.05) is 17.0 Å². The van der Waals surface area contributed by atoms with Gasteiger partial charge >= 0.3 is 0 Å². The van der Waals surface area contributed by atoms with Crippen LogP contribution in [-0.4, -0.2) is 42.0 Å². The molecule has 3 aliphatic heterocycles. The highest BCUT2D eigenvalue weighted by atomic mass is 35.5. The van der Waals surface area contributed by atoms with Crippen molar-refractivity contribution in [2.24, 2.45) is 5.92 Å². The van der Waals surface area contributed by atoms with Crippen molar-refractivity contribution in [3.63, 3.8) is 0 Å². The molecule has 4 atom stereocenters. The van der Waals surface area contributed by atoms with Crippen molar-refractivity contribution in [3.05, 3.63) is 28.8 Å². The number of nitrogens with one attached hydrogen (secondary N) is 1. The highest BCUT2D eigenvalue weighted by Gasteiger charge is 2.46. The van der Waals surface area contributed by atoms with Crippen LogP contribution in [0.15, 0.2) is 18.2 Å². The van der Waals surface area contributed by atoms with Gasteiger partial charge in [-0.1, -0.05) is 11.6 Å². The molecule has 0 aliphatic carbocycles. The minimum atomic E-state index is -0.175. The molecule has 6 nitrogen and oxygen atoms in total. The molecule has 1 aromatic rings. The molecule has 0 aromatic heterocycles. The predicted octanol–water partition coefficient (Wildman–Crippen LogP) is 2.90. The van der Waals surface area contributed by atoms with Crippen molar-refractivity contribution in [3.8, 4) is 12.3 Å². The maximum absolute atomic E-state index is 12.7. The minimum Gasteiger partial charge on any atom is -0.371 e. The summed E-state index contributed by atoms with van der Waals surface area (Å²) in [5.74, 6) is 0.225. The van der Waals surface area contributed by atoms with Crippen LogP contribution in [0.4, 0.5) is 5.69 Å². The summed E-state index contributed by atoms with van der Waals surface area (Å²) in [4.78, 5) is 16.8. The van der Waals surface area contributed by atoms with Crippen LogP contribution in [0.25, 0.3) is 0 Å². The Morgan fingerprint density at radius 3 is 2.85 bits per heavy atom. The molecule has 4 rings (SSSR count). The van der Waals surface area contributed by atoms with Gasteiger partial charge in [0.05, 0.1) is 28.7 Å². The Balaban J connectivity index is 1.42. The third kappa shape index (κ3) is 3.31. The number of fused-ring (bicyclic) bond motifs is 2. The summed E-state index contributed by atoms with van der Waals surface area (Å²) in [7, 11) is 0. The van der Waals surface area contributed by atoms with Crippen LogP contribution < -0.4 is 10.2 Å². The molecule has 1 N–H and O–H groups in total. The van der Waals surface area contributed by atoms with Crippen LogP contribution >= 0.6 is 11.6 Å². The second-order valence-corrected chi connectivity index (χ2v) is 8.16. The fourth-order valence-corrected chi connectivity index (χ4v) is 5.05. The van der Waals surface area contributed by atoms with Gasteiger partial charge in [-0.25, -0.2) is 0 Å². The van der Waals surface area contributed by atoms with E-state index in [2.05, 4.69) is 22.5 Å². The number of anilines is 1. The van der Waals surface area contributed by atoms with Crippen LogP contribution in [0.3, 0.4) is 0 Å². The average Bonchev–Trinajstić information content (AvgIpc) is 3.35. The molecule has 140 valence electrons. The Morgan fingerprint density at radius 2 is 2.15 bits per heavy atom. The molecule has 3 saturated heterocycles. The first kappa shape index (κ1) is 17.9. The summed E-state index contributed by atoms with van der Waals surface area (Å²) >= 11 is 6.42. The summed E-state index contributed by atoms with van der Waals surface area (Å²) in [5, 5.41) is 21.6. The first-order valence-corrected chi connectivity index (χ1v) is 9.89. The normalized spacial score (nSPS) is 28.9. The Bertz CT molecular complexity index is 829. The highest BCUT2D eigenvalue weighted by Crippen LogP contribution is 2.37. The molecular formula is C20H22ClN5O. The second-order valence-electron chi connectivity index (χ2n) is 7.75. The highest BCUT2D eigenvalue weighted by molar-refractivity contribution is 6.34. The summed E-state index contributed by atoms with van der Waals surface area (Å²) in [6.07, 6.45) is 6.66. The van der Waals surface area contributed by atoms with Gasteiger partial charge in [0, 0.05) is 31.2 Å². The second kappa shape index (κ2) is 7.29. The number of hydrogen-bond acceptors (Lipinski definition) is 5. The van der Waals surface area contributed by atoms with Crippen LogP contribution in [0, 0.1) is 28.7 Å². The molecule has 0 unspecified atom stereocenters. The zero-order valence-electron chi connectivity index (χ0n) is 15.1. The number of carbonyl (C=O) groups is 1. The molecule has 1 amide bonds. The van der Waals surface area contributed by atoms with E-state index in [0.717, 1.165) is 44.5 Å². The number of halogens is 1. The lowest BCUT2D eigenvalue weighted by Gasteiger charge is -2.23. The monoisotopic (exact) mass is 383 g/mol. The first-order valence-electron chi connectivity index (χ1n) is 9.51. The number of rotatable bonds is 4. The predicted molar refractivity (Wildman–Crippen MR) is 102 cm³/mol. The van der Waals surface area contributed by atoms with E-state index in [-0.39, 0.29) is 24.0 Å². The Kier molecular flexibility index (Phi) is 4.85. The van der Waals surface area contributed by atoms with Crippen molar-refractivity contribution in [2.45, 2.75) is 50.2 Å². The number of benzene rings is 1. The zero-order chi connectivity index (χ0) is 19.0. The zero-order valence-corrected chi connectivity index (χ0v) is 15.8. The van der Waals surface area contributed by atoms with Gasteiger partial charge in [-0.15, -0.1) is 0 Å². The topological polar surface area (TPSA) is 83.2 Å². The number of nitrogens with zero attached hydrogens (tertiary/aromatic N) is 4. The summed E-state index contributed by atoms with van der Waals surface area (Å²) in [5.41, 5.74) is 1.46. The van der Waals surface area contributed by atoms with Gasteiger partial charge < -0.3 is 15.1 Å². The van der Waals surface area contributed by atoms with E-state index >= 15 is 0 Å². The molecule has 3 aliphatic rings. The maximum Gasteiger partial charge on any atom is 0.253 e. The van der Waals surface area contributed by atoms with E-state index in [1.165, 1.54) is 0 Å². The van der Waals surface area contributed by atoms with Crippen molar-refractivity contribution in [1.29, 1.82) is 10.5 Å². The molecule has 0 saturated carbocycles. The summed E-state index contributed by atoms with van der Waals surface area (Å²) in [6.45, 7) is 1.76. The Labute approximate surface area is 164 Å². The van der Waals surface area contributed by atoms with Gasteiger partial charge in [0.15, 0.2) is 6.19 Å². The molecule has 2 bridgehead atoms. The van der Waals surface area contributed by atoms with E-state index in [1.54, 1.807) is 6.07 Å². The molecule has 3 heterocycles. The minimum absolute atomic E-state index is 0.0111. The number of amides is 1. The van der Waals surface area contributed by atoms with Crippen LogP contribution in [0.5, 0.6) is 0 Å². The SMILES string of the molecule is N#CC[C@H]1CCN(c2ccc(C(=O)N[C@@H]3C[C@@H]4CC[C@H]3N4C#N)c(Cl)c2)C1. The van der Waals surface area contributed by atoms with Gasteiger partial charge in [-0.3, -0.25) is 4.79 Å². The van der Waals surface area contributed by atoms with Gasteiger partial charge in [0.2, 0.25) is 0 Å². The van der Waals surface area contributed by atoms with Gasteiger partial charge in [0.25, 0.3) is 5.91 Å². The molecule has 3 fully saturated rings. The lowest BCUT2D eigenvalue weighted by Crippen LogP contribution is -2.43. The average molecular weight is 384 g/mol. The number of carbonyl (C=O) groups excluding carboxylic acids is 1. The standard InChI is InChI=1S/C20H22ClN5O/c21-17-9-14(25-8-6-13(11-25)5-7-22)1-3-16(17)20(27)24-18-10-15-2-4-19(18)26(15)12-23/h1,3,9,13,15,18-19H,2,4-6,8,10-11H2,(H,24,27)/t13-,15-,18+,19+/m0/s1. The van der Waals surface area contributed by atoms with Crippen molar-refractivity contribution < 1.29 is 4.79 Å². The van der Waals surface area contributed by atoms with Crippen LogP contribution in [0.1, 0.15) is 42.5 Å². The van der Waals surface area contributed by atoms with Crippen molar-refractivity contribution in [1.82, 2.24) is 10.2 Å². The quantitative estimate of drug-likeness (QED) is 0.808. The van der Waals surface area contributed by atoms with Gasteiger partial charge in [-0.2, -0.15) is 10.5 Å². The maximum atomic E-state index is 12.7. The van der Waals surface area contributed by atoms with E-state index in [0.29, 0.717) is 22.9 Å². The molecule has 0 spiro atoms. The molecular weight excluding hydrogens is 362 g/mol. The molecule has 7 heteroatoms. The van der Waals surface area contributed by atoms with Crippen LogP contribution in [-0.2, 0) is 0 Å². The van der Waals surface area contributed by atoms with Crippen molar-refractivity contribution >= 4 is 23.2 Å². The molecule has 1 aromatic carbocycles. The van der Waals surface area contributed by atoms with E-state index in [9.17, 15) is 10.1 Å². The Morgan fingerprint density at radius 1 is 1.30 bits per heavy atom. The third-order valence-corrected chi connectivity index (χ3v) is 6.51. The van der Waals surface area contributed by atoms with E-state index in [4.69, 9.17) is 16.9 Å². The fraction of sp³-hybridized carbons (Fsp3) is 0.550. The largest absolute Gasteiger partial charge is 0.371 e. The molecule has 0 radical (unpaired) electrons. The van der Waals surface area contributed by atoms with Gasteiger partial charge in [0.1, 0.15) is 0 Å². The fourth-order valence-electron chi connectivity index (χ4n) is 4.79. The summed E-state index contributed by atoms with van der Waals surface area (Å²) < 4.78 is 0.